The highest BCUT2D eigenvalue weighted by molar-refractivity contribution is 8.18. The zero-order valence-corrected chi connectivity index (χ0v) is 23.9. The van der Waals surface area contributed by atoms with Gasteiger partial charge in [0.05, 0.1) is 28.2 Å². The van der Waals surface area contributed by atoms with Gasteiger partial charge < -0.3 is 4.90 Å². The third-order valence-corrected chi connectivity index (χ3v) is 8.40. The normalized spacial score (nSPS) is 17.4. The smallest absolute Gasteiger partial charge is 0.290 e. The maximum atomic E-state index is 15.4. The van der Waals surface area contributed by atoms with Gasteiger partial charge in [0.2, 0.25) is 0 Å². The Hall–Kier alpha value is -3.24. The number of nitrogens with one attached hydrogen (secondary N) is 1. The zero-order chi connectivity index (χ0) is 27.9. The lowest BCUT2D eigenvalue weighted by molar-refractivity contribution is -0.115. The van der Waals surface area contributed by atoms with E-state index in [1.807, 2.05) is 12.1 Å². The fourth-order valence-corrected chi connectivity index (χ4v) is 5.99. The highest BCUT2D eigenvalue weighted by atomic mass is 32.2. The van der Waals surface area contributed by atoms with Crippen molar-refractivity contribution < 1.29 is 14.0 Å². The van der Waals surface area contributed by atoms with E-state index in [9.17, 15) is 9.59 Å². The molecule has 2 aromatic heterocycles. The number of halogens is 1. The number of imidazole rings is 1. The van der Waals surface area contributed by atoms with Crippen LogP contribution in [0.5, 0.6) is 0 Å². The number of hydrogen-bond donors (Lipinski definition) is 1. The third-order valence-electron chi connectivity index (χ3n) is 7.59. The molecule has 2 aliphatic heterocycles. The quantitative estimate of drug-likeness (QED) is 0.210. The molecule has 4 heterocycles. The standard InChI is InChI=1S/C30H37FN6O2S/c1-2-3-4-5-6-7-8-9-14-35-15-17-36(18-16-35)25-12-10-22(19-24(25)31)26-21-32-28-13-11-23(34-37(26)28)20-27-29(38)33-30(39)40-27/h10-13,19-21H,2-9,14-18H2,1H3,(H,33,38,39)/b27-20-. The summed E-state index contributed by atoms with van der Waals surface area (Å²) in [6, 6.07) is 8.79. The minimum absolute atomic E-state index is 0.264. The van der Waals surface area contributed by atoms with Gasteiger partial charge in [-0.25, -0.2) is 13.9 Å². The number of aromatic nitrogens is 3. The molecular weight excluding hydrogens is 527 g/mol. The van der Waals surface area contributed by atoms with E-state index < -0.39 is 11.1 Å². The van der Waals surface area contributed by atoms with Crippen LogP contribution >= 0.6 is 11.8 Å². The van der Waals surface area contributed by atoms with Crippen LogP contribution in [0.4, 0.5) is 14.9 Å². The molecule has 5 rings (SSSR count). The second-order valence-corrected chi connectivity index (χ2v) is 11.5. The van der Waals surface area contributed by atoms with Crippen molar-refractivity contribution in [1.29, 1.82) is 0 Å². The number of benzene rings is 1. The summed E-state index contributed by atoms with van der Waals surface area (Å²) in [5.74, 6) is -0.700. The Kier molecular flexibility index (Phi) is 9.49. The number of hydrogen-bond acceptors (Lipinski definition) is 7. The fourth-order valence-electron chi connectivity index (χ4n) is 5.32. The van der Waals surface area contributed by atoms with E-state index in [0.29, 0.717) is 28.3 Å². The van der Waals surface area contributed by atoms with Crippen LogP contribution in [0.25, 0.3) is 23.0 Å². The van der Waals surface area contributed by atoms with Gasteiger partial charge in [-0.15, -0.1) is 0 Å². The van der Waals surface area contributed by atoms with E-state index in [-0.39, 0.29) is 10.7 Å². The Morgan fingerprint density at radius 2 is 1.73 bits per heavy atom. The zero-order valence-electron chi connectivity index (χ0n) is 23.1. The molecule has 2 aliphatic rings. The van der Waals surface area contributed by atoms with Crippen LogP contribution < -0.4 is 10.2 Å². The van der Waals surface area contributed by atoms with Crippen LogP contribution in [0, 0.1) is 5.82 Å². The Morgan fingerprint density at radius 1 is 0.975 bits per heavy atom. The third kappa shape index (κ3) is 6.90. The van der Waals surface area contributed by atoms with Gasteiger partial charge in [0, 0.05) is 31.7 Å². The number of carbonyl (C=O) groups is 2. The summed E-state index contributed by atoms with van der Waals surface area (Å²) in [4.78, 5) is 32.7. The number of piperazine rings is 1. The topological polar surface area (TPSA) is 82.8 Å². The minimum atomic E-state index is -0.436. The van der Waals surface area contributed by atoms with Gasteiger partial charge in [-0.3, -0.25) is 19.8 Å². The van der Waals surface area contributed by atoms with E-state index in [1.165, 1.54) is 57.4 Å². The molecule has 0 saturated carbocycles. The van der Waals surface area contributed by atoms with Crippen molar-refractivity contribution in [2.45, 2.75) is 58.3 Å². The van der Waals surface area contributed by atoms with E-state index in [0.717, 1.165) is 44.5 Å². The summed E-state index contributed by atoms with van der Waals surface area (Å²) in [7, 11) is 0. The second-order valence-electron chi connectivity index (χ2n) is 10.5. The molecule has 0 atom stereocenters. The van der Waals surface area contributed by atoms with Gasteiger partial charge >= 0.3 is 0 Å². The average molecular weight is 565 g/mol. The summed E-state index contributed by atoms with van der Waals surface area (Å²) < 4.78 is 17.0. The molecule has 10 heteroatoms. The Morgan fingerprint density at radius 3 is 2.42 bits per heavy atom. The van der Waals surface area contributed by atoms with Gasteiger partial charge in [0.15, 0.2) is 5.65 Å². The molecule has 2 fully saturated rings. The number of rotatable bonds is 12. The number of anilines is 1. The number of thioether (sulfide) groups is 1. The van der Waals surface area contributed by atoms with Crippen molar-refractivity contribution in [3.05, 3.63) is 52.9 Å². The maximum absolute atomic E-state index is 15.4. The summed E-state index contributed by atoms with van der Waals surface area (Å²) in [6.07, 6.45) is 13.9. The Bertz CT molecular complexity index is 1380. The van der Waals surface area contributed by atoms with Gasteiger partial charge in [-0.2, -0.15) is 5.10 Å². The molecule has 3 aromatic rings. The lowest BCUT2D eigenvalue weighted by Crippen LogP contribution is -2.46. The van der Waals surface area contributed by atoms with Crippen molar-refractivity contribution in [1.82, 2.24) is 24.8 Å². The number of imide groups is 1. The second kappa shape index (κ2) is 13.4. The molecule has 8 nitrogen and oxygen atoms in total. The van der Waals surface area contributed by atoms with Crippen LogP contribution in [-0.2, 0) is 4.79 Å². The molecule has 1 aromatic carbocycles. The minimum Gasteiger partial charge on any atom is -0.367 e. The summed E-state index contributed by atoms with van der Waals surface area (Å²) in [5, 5.41) is 6.41. The monoisotopic (exact) mass is 564 g/mol. The molecule has 0 radical (unpaired) electrons. The molecule has 2 amide bonds. The van der Waals surface area contributed by atoms with Gasteiger partial charge in [-0.1, -0.05) is 57.9 Å². The molecule has 2 saturated heterocycles. The van der Waals surface area contributed by atoms with E-state index in [2.05, 4.69) is 32.1 Å². The first-order valence-electron chi connectivity index (χ1n) is 14.4. The maximum Gasteiger partial charge on any atom is 0.290 e. The number of carbonyl (C=O) groups excluding carboxylic acids is 2. The molecule has 0 aliphatic carbocycles. The predicted molar refractivity (Wildman–Crippen MR) is 159 cm³/mol. The summed E-state index contributed by atoms with van der Waals surface area (Å²) >= 11 is 0.841. The number of nitrogens with zero attached hydrogens (tertiary/aromatic N) is 5. The van der Waals surface area contributed by atoms with Gasteiger partial charge in [0.1, 0.15) is 5.82 Å². The predicted octanol–water partition coefficient (Wildman–Crippen LogP) is 6.12. The Balaban J connectivity index is 1.18. The van der Waals surface area contributed by atoms with Crippen LogP contribution in [0.1, 0.15) is 64.0 Å². The van der Waals surface area contributed by atoms with E-state index >= 15 is 4.39 Å². The molecule has 1 N–H and O–H groups in total. The molecule has 0 bridgehead atoms. The largest absolute Gasteiger partial charge is 0.367 e. The lowest BCUT2D eigenvalue weighted by atomic mass is 10.1. The first kappa shape index (κ1) is 28.3. The average Bonchev–Trinajstić information content (AvgIpc) is 3.52. The molecule has 0 unspecified atom stereocenters. The summed E-state index contributed by atoms with van der Waals surface area (Å²) in [5.41, 5.74) is 3.05. The SMILES string of the molecule is CCCCCCCCCCN1CCN(c2ccc(-c3cnc4ccc(/C=C5\SC(=O)NC5=O)nn34)cc2F)CC1. The summed E-state index contributed by atoms with van der Waals surface area (Å²) in [6.45, 7) is 6.92. The number of fused-ring (bicyclic) bond motifs is 1. The highest BCUT2D eigenvalue weighted by Crippen LogP contribution is 2.29. The van der Waals surface area contributed by atoms with Gasteiger partial charge in [-0.05, 0) is 55.1 Å². The number of amides is 2. The van der Waals surface area contributed by atoms with Crippen molar-refractivity contribution in [2.24, 2.45) is 0 Å². The first-order chi connectivity index (χ1) is 19.5. The van der Waals surface area contributed by atoms with Crippen LogP contribution in [0.15, 0.2) is 41.4 Å². The Labute approximate surface area is 239 Å². The van der Waals surface area contributed by atoms with Crippen molar-refractivity contribution >= 4 is 40.3 Å². The van der Waals surface area contributed by atoms with E-state index in [1.54, 1.807) is 28.9 Å². The van der Waals surface area contributed by atoms with Crippen molar-refractivity contribution in [3.8, 4) is 11.3 Å². The fraction of sp³-hybridized carbons (Fsp3) is 0.467. The van der Waals surface area contributed by atoms with Crippen LogP contribution in [-0.4, -0.2) is 63.4 Å². The lowest BCUT2D eigenvalue weighted by Gasteiger charge is -2.36. The van der Waals surface area contributed by atoms with Crippen LogP contribution in [0.3, 0.4) is 0 Å². The van der Waals surface area contributed by atoms with Crippen molar-refractivity contribution in [3.63, 3.8) is 0 Å². The number of unbranched alkanes of at least 4 members (excludes halogenated alkanes) is 7. The van der Waals surface area contributed by atoms with Crippen molar-refractivity contribution in [2.75, 3.05) is 37.6 Å². The van der Waals surface area contributed by atoms with E-state index in [4.69, 9.17) is 0 Å². The molecule has 0 spiro atoms. The molecule has 212 valence electrons. The van der Waals surface area contributed by atoms with Gasteiger partial charge in [0.25, 0.3) is 11.1 Å². The molecule has 40 heavy (non-hydrogen) atoms. The molecular formula is C30H37FN6O2S. The van der Waals surface area contributed by atoms with Crippen LogP contribution in [0.2, 0.25) is 0 Å². The highest BCUT2D eigenvalue weighted by Gasteiger charge is 2.25. The first-order valence-corrected chi connectivity index (χ1v) is 15.2.